The number of aliphatic imine (C=N–C) groups is 1. The minimum Gasteiger partial charge on any atom is -0.477 e. The van der Waals surface area contributed by atoms with Gasteiger partial charge in [-0.05, 0) is 6.07 Å². The Morgan fingerprint density at radius 2 is 2.15 bits per heavy atom. The summed E-state index contributed by atoms with van der Waals surface area (Å²) < 4.78 is 22.1. The molecule has 3 aromatic rings. The zero-order valence-electron chi connectivity index (χ0n) is 14.4. The Kier molecular flexibility index (Phi) is 4.40. The van der Waals surface area contributed by atoms with Crippen molar-refractivity contribution in [2.45, 2.75) is 0 Å². The molecular weight excluding hydrogens is 373 g/mol. The van der Waals surface area contributed by atoms with Gasteiger partial charge in [-0.1, -0.05) is 0 Å². The highest BCUT2D eigenvalue weighted by Crippen LogP contribution is 2.33. The van der Waals surface area contributed by atoms with E-state index in [9.17, 15) is 14.7 Å². The first-order valence-corrected chi connectivity index (χ1v) is 9.18. The highest BCUT2D eigenvalue weighted by Gasteiger charge is 2.26. The Labute approximate surface area is 156 Å². The van der Waals surface area contributed by atoms with Crippen LogP contribution in [0.3, 0.4) is 0 Å². The number of carboxylic acid groups (broad SMARTS) is 1. The minimum atomic E-state index is -1.33. The van der Waals surface area contributed by atoms with Crippen LogP contribution < -0.4 is 10.3 Å². The molecule has 9 heteroatoms. The van der Waals surface area contributed by atoms with Crippen LogP contribution in [0.2, 0.25) is 0 Å². The van der Waals surface area contributed by atoms with Gasteiger partial charge in [0.25, 0.3) is 0 Å². The highest BCUT2D eigenvalue weighted by molar-refractivity contribution is 7.16. The molecule has 140 valence electrons. The van der Waals surface area contributed by atoms with Gasteiger partial charge in [0.05, 0.1) is 29.8 Å². The molecule has 2 aromatic heterocycles. The number of carboxylic acids is 1. The molecule has 0 unspecified atom stereocenters. The number of aromatic carboxylic acids is 1. The van der Waals surface area contributed by atoms with Crippen LogP contribution in [0.25, 0.3) is 15.7 Å². The molecule has 0 radical (unpaired) electrons. The van der Waals surface area contributed by atoms with Gasteiger partial charge in [0.1, 0.15) is 16.2 Å². The Balaban J connectivity index is 2.18. The fraction of sp³-hybridized carbons (Fsp3) is 0.278. The van der Waals surface area contributed by atoms with Crippen molar-refractivity contribution in [2.24, 2.45) is 4.99 Å². The average molecular weight is 389 g/mol. The van der Waals surface area contributed by atoms with Gasteiger partial charge < -0.3 is 19.1 Å². The molecule has 1 fully saturated rings. The molecule has 0 saturated carbocycles. The molecule has 0 atom stereocenters. The molecular formula is C18H16FN3O4S. The van der Waals surface area contributed by atoms with E-state index < -0.39 is 17.2 Å². The van der Waals surface area contributed by atoms with Crippen LogP contribution in [0.15, 0.2) is 27.4 Å². The normalized spacial score (nSPS) is 15.3. The number of fused-ring (bicyclic) bond motifs is 3. The summed E-state index contributed by atoms with van der Waals surface area (Å²) in [7, 11) is 1.57. The Morgan fingerprint density at radius 1 is 1.41 bits per heavy atom. The van der Waals surface area contributed by atoms with E-state index in [4.69, 9.17) is 4.74 Å². The van der Waals surface area contributed by atoms with Crippen LogP contribution in [0, 0.1) is 5.82 Å². The number of morpholine rings is 1. The van der Waals surface area contributed by atoms with Crippen molar-refractivity contribution in [1.29, 1.82) is 0 Å². The first-order chi connectivity index (χ1) is 13.0. The topological polar surface area (TPSA) is 83.6 Å². The Hall–Kier alpha value is -2.78. The number of rotatable bonds is 3. The smallest absolute Gasteiger partial charge is 0.342 e. The lowest BCUT2D eigenvalue weighted by atomic mass is 10.0. The summed E-state index contributed by atoms with van der Waals surface area (Å²) >= 11 is 1.15. The van der Waals surface area contributed by atoms with Crippen LogP contribution in [0.4, 0.5) is 10.1 Å². The molecule has 3 heterocycles. The largest absolute Gasteiger partial charge is 0.477 e. The van der Waals surface area contributed by atoms with E-state index in [1.807, 2.05) is 4.90 Å². The monoisotopic (exact) mass is 389 g/mol. The summed E-state index contributed by atoms with van der Waals surface area (Å²) in [5, 5.41) is 11.2. The third kappa shape index (κ3) is 2.70. The van der Waals surface area contributed by atoms with Crippen LogP contribution in [0.1, 0.15) is 15.9 Å². The van der Waals surface area contributed by atoms with Crippen molar-refractivity contribution in [1.82, 2.24) is 4.40 Å². The summed E-state index contributed by atoms with van der Waals surface area (Å²) in [6, 6.07) is 1.13. The van der Waals surface area contributed by atoms with Gasteiger partial charge >= 0.3 is 5.97 Å². The van der Waals surface area contributed by atoms with Crippen molar-refractivity contribution < 1.29 is 19.0 Å². The molecule has 0 aliphatic carbocycles. The maximum Gasteiger partial charge on any atom is 0.342 e. The van der Waals surface area contributed by atoms with Crippen molar-refractivity contribution in [3.05, 3.63) is 44.8 Å². The maximum atomic E-state index is 15.1. The Morgan fingerprint density at radius 3 is 2.81 bits per heavy atom. The lowest BCUT2D eigenvalue weighted by Crippen LogP contribution is -2.37. The first kappa shape index (κ1) is 17.6. The summed E-state index contributed by atoms with van der Waals surface area (Å²) in [5.41, 5.74) is 0.207. The van der Waals surface area contributed by atoms with Crippen LogP contribution in [-0.4, -0.2) is 55.0 Å². The Bertz CT molecular complexity index is 1150. The molecule has 1 aliphatic heterocycles. The molecule has 0 amide bonds. The number of hydrogen-bond donors (Lipinski definition) is 1. The van der Waals surface area contributed by atoms with Crippen LogP contribution >= 0.6 is 11.3 Å². The van der Waals surface area contributed by atoms with Crippen molar-refractivity contribution in [3.8, 4) is 0 Å². The number of aromatic nitrogens is 1. The van der Waals surface area contributed by atoms with Gasteiger partial charge in [0, 0.05) is 43.5 Å². The minimum absolute atomic E-state index is 0.0210. The summed E-state index contributed by atoms with van der Waals surface area (Å²) in [5.74, 6) is -1.91. The van der Waals surface area contributed by atoms with Crippen molar-refractivity contribution >= 4 is 44.9 Å². The zero-order chi connectivity index (χ0) is 19.1. The third-order valence-corrected chi connectivity index (χ3v) is 5.48. The predicted octanol–water partition coefficient (Wildman–Crippen LogP) is 2.24. The SMILES string of the molecule is CN=Cc1c(N2CCOCC2)c(F)cc2c(=O)c(C(=O)O)c3sccn3c12. The van der Waals surface area contributed by atoms with E-state index in [1.54, 1.807) is 23.0 Å². The summed E-state index contributed by atoms with van der Waals surface area (Å²) in [6.07, 6.45) is 3.20. The predicted molar refractivity (Wildman–Crippen MR) is 103 cm³/mol. The van der Waals surface area contributed by atoms with E-state index in [0.29, 0.717) is 47.9 Å². The van der Waals surface area contributed by atoms with E-state index in [1.165, 1.54) is 6.21 Å². The van der Waals surface area contributed by atoms with Crippen LogP contribution in [0.5, 0.6) is 0 Å². The van der Waals surface area contributed by atoms with Gasteiger partial charge in [-0.25, -0.2) is 9.18 Å². The number of carbonyl (C=O) groups is 1. The fourth-order valence-electron chi connectivity index (χ4n) is 3.50. The highest BCUT2D eigenvalue weighted by atomic mass is 32.1. The quantitative estimate of drug-likeness (QED) is 0.695. The number of ether oxygens (including phenoxy) is 1. The van der Waals surface area contributed by atoms with Gasteiger partial charge in [-0.2, -0.15) is 0 Å². The van der Waals surface area contributed by atoms with E-state index in [0.717, 1.165) is 17.4 Å². The average Bonchev–Trinajstić information content (AvgIpc) is 3.11. The first-order valence-electron chi connectivity index (χ1n) is 8.30. The number of nitrogens with zero attached hydrogens (tertiary/aromatic N) is 3. The second-order valence-corrected chi connectivity index (χ2v) is 6.99. The molecule has 1 saturated heterocycles. The number of benzene rings is 1. The van der Waals surface area contributed by atoms with Crippen molar-refractivity contribution in [2.75, 3.05) is 38.3 Å². The number of anilines is 1. The third-order valence-electron chi connectivity index (χ3n) is 4.60. The second kappa shape index (κ2) is 6.75. The fourth-order valence-corrected chi connectivity index (χ4v) is 4.37. The summed E-state index contributed by atoms with van der Waals surface area (Å²) in [6.45, 7) is 1.99. The maximum absolute atomic E-state index is 15.1. The van der Waals surface area contributed by atoms with Gasteiger partial charge in [0.15, 0.2) is 0 Å². The molecule has 1 aromatic carbocycles. The van der Waals surface area contributed by atoms with E-state index in [-0.39, 0.29) is 10.9 Å². The molecule has 0 spiro atoms. The number of pyridine rings is 1. The standard InChI is InChI=1S/C18H16FN3O4S/c1-20-9-11-14-10(8-12(19)15(11)21-2-5-26-6-3-21)16(23)13(18(24)25)17-22(14)4-7-27-17/h4,7-9H,2-3,5-6H2,1H3,(H,24,25). The van der Waals surface area contributed by atoms with Gasteiger partial charge in [-0.15, -0.1) is 11.3 Å². The summed E-state index contributed by atoms with van der Waals surface area (Å²) in [4.78, 5) is 30.7. The second-order valence-electron chi connectivity index (χ2n) is 6.09. The molecule has 7 nitrogen and oxygen atoms in total. The zero-order valence-corrected chi connectivity index (χ0v) is 15.3. The number of halogens is 1. The van der Waals surface area contributed by atoms with E-state index >= 15 is 4.39 Å². The molecule has 27 heavy (non-hydrogen) atoms. The van der Waals surface area contributed by atoms with Crippen LogP contribution in [-0.2, 0) is 4.74 Å². The lowest BCUT2D eigenvalue weighted by Gasteiger charge is -2.30. The van der Waals surface area contributed by atoms with E-state index in [2.05, 4.69) is 4.99 Å². The lowest BCUT2D eigenvalue weighted by molar-refractivity contribution is 0.0697. The molecule has 1 aliphatic rings. The van der Waals surface area contributed by atoms with Gasteiger partial charge in [-0.3, -0.25) is 9.79 Å². The van der Waals surface area contributed by atoms with Gasteiger partial charge in [0.2, 0.25) is 5.43 Å². The van der Waals surface area contributed by atoms with Crippen molar-refractivity contribution in [3.63, 3.8) is 0 Å². The number of hydrogen-bond acceptors (Lipinski definition) is 6. The molecule has 1 N–H and O–H groups in total. The molecule has 0 bridgehead atoms. The number of thiazole rings is 1. The molecule has 4 rings (SSSR count).